The summed E-state index contributed by atoms with van der Waals surface area (Å²) in [7, 11) is 0. The zero-order chi connectivity index (χ0) is 16.5. The summed E-state index contributed by atoms with van der Waals surface area (Å²) < 4.78 is 21.4. The lowest BCUT2D eigenvalue weighted by Crippen LogP contribution is -2.25. The summed E-state index contributed by atoms with van der Waals surface area (Å²) in [6.45, 7) is 5.09. The van der Waals surface area contributed by atoms with Crippen LogP contribution in [0, 0.1) is 0 Å². The lowest BCUT2D eigenvalue weighted by molar-refractivity contribution is 0.130. The summed E-state index contributed by atoms with van der Waals surface area (Å²) >= 11 is 8.40. The van der Waals surface area contributed by atoms with Crippen molar-refractivity contribution in [2.45, 2.75) is 22.7 Å². The highest BCUT2D eigenvalue weighted by Gasteiger charge is 2.24. The van der Waals surface area contributed by atoms with Gasteiger partial charge in [-0.15, -0.1) is 0 Å². The number of hydrogen-bond acceptors (Lipinski definition) is 8. The van der Waals surface area contributed by atoms with Crippen LogP contribution < -0.4 is 0 Å². The van der Waals surface area contributed by atoms with Crippen LogP contribution >= 0.6 is 47.0 Å². The van der Waals surface area contributed by atoms with Crippen LogP contribution in [-0.2, 0) is 18.9 Å². The van der Waals surface area contributed by atoms with Crippen LogP contribution in [-0.4, -0.2) is 96.9 Å². The van der Waals surface area contributed by atoms with Gasteiger partial charge >= 0.3 is 0 Å². The fourth-order valence-corrected chi connectivity index (χ4v) is 7.86. The van der Waals surface area contributed by atoms with Gasteiger partial charge in [-0.05, 0) is 0 Å². The Bertz CT molecular complexity index is 302. The summed E-state index contributed by atoms with van der Waals surface area (Å²) in [4.78, 5) is 0. The van der Waals surface area contributed by atoms with Gasteiger partial charge in [0.1, 0.15) is 12.2 Å². The number of hydrogen-bond donors (Lipinski definition) is 0. The van der Waals surface area contributed by atoms with Gasteiger partial charge in [0.05, 0.1) is 39.6 Å². The Hall–Kier alpha value is 1.24. The molecule has 3 saturated heterocycles. The highest BCUT2D eigenvalue weighted by molar-refractivity contribution is 8.09. The molecule has 0 radical (unpaired) electrons. The summed E-state index contributed by atoms with van der Waals surface area (Å²) in [5.74, 6) is 7.35. The molecule has 3 aliphatic rings. The normalized spacial score (nSPS) is 32.0. The molecule has 3 rings (SSSR count). The Labute approximate surface area is 162 Å². The maximum atomic E-state index is 5.57. The minimum absolute atomic E-state index is 0.397. The van der Waals surface area contributed by atoms with Gasteiger partial charge in [-0.3, -0.25) is 0 Å². The first kappa shape index (κ1) is 20.0. The molecule has 3 aliphatic heterocycles. The topological polar surface area (TPSA) is 43.5 Å². The van der Waals surface area contributed by atoms with Crippen LogP contribution in [0.1, 0.15) is 0 Å². The van der Waals surface area contributed by atoms with Crippen LogP contribution in [0.3, 0.4) is 0 Å². The van der Waals surface area contributed by atoms with Crippen molar-refractivity contribution < 1.29 is 18.9 Å². The van der Waals surface area contributed by atoms with Crippen molar-refractivity contribution in [3.63, 3.8) is 0 Å². The van der Waals surface area contributed by atoms with E-state index >= 15 is 0 Å². The average Bonchev–Trinajstić information content (AvgIpc) is 3.50. The number of thioether (sulfide) groups is 4. The zero-order valence-electron chi connectivity index (χ0n) is 14.1. The van der Waals surface area contributed by atoms with Crippen LogP contribution in [0.25, 0.3) is 0 Å². The van der Waals surface area contributed by atoms with Gasteiger partial charge in [-0.25, -0.2) is 0 Å². The minimum Gasteiger partial charge on any atom is -0.378 e. The Morgan fingerprint density at radius 3 is 1.62 bits per heavy atom. The van der Waals surface area contributed by atoms with Gasteiger partial charge in [0.15, 0.2) is 0 Å². The molecule has 0 spiro atoms. The second kappa shape index (κ2) is 11.8. The first-order valence-corrected chi connectivity index (χ1v) is 13.1. The molecule has 0 N–H and O–H groups in total. The molecule has 4 nitrogen and oxygen atoms in total. The molecular weight excluding hydrogens is 384 g/mol. The predicted octanol–water partition coefficient (Wildman–Crippen LogP) is 2.50. The van der Waals surface area contributed by atoms with Gasteiger partial charge in [0, 0.05) is 45.0 Å². The van der Waals surface area contributed by atoms with E-state index in [0.717, 1.165) is 61.6 Å². The lowest BCUT2D eigenvalue weighted by atomic mass is 10.5. The van der Waals surface area contributed by atoms with E-state index in [1.807, 2.05) is 23.5 Å². The van der Waals surface area contributed by atoms with Crippen molar-refractivity contribution >= 4 is 47.0 Å². The van der Waals surface area contributed by atoms with E-state index in [1.165, 1.54) is 23.0 Å². The minimum atomic E-state index is 0.397. The largest absolute Gasteiger partial charge is 0.378 e. The third-order valence-electron chi connectivity index (χ3n) is 3.80. The maximum absolute atomic E-state index is 5.57. The molecule has 0 aromatic heterocycles. The van der Waals surface area contributed by atoms with Crippen LogP contribution in [0.2, 0.25) is 0 Å². The molecule has 0 aromatic carbocycles. The summed E-state index contributed by atoms with van der Waals surface area (Å²) in [5, 5.41) is 1.63. The van der Waals surface area contributed by atoms with E-state index in [-0.39, 0.29) is 0 Å². The van der Waals surface area contributed by atoms with Gasteiger partial charge < -0.3 is 18.9 Å². The molecule has 4 unspecified atom stereocenters. The Balaban J connectivity index is 1.08. The van der Waals surface area contributed by atoms with E-state index in [4.69, 9.17) is 18.9 Å². The van der Waals surface area contributed by atoms with E-state index in [2.05, 4.69) is 23.5 Å². The molecule has 8 heteroatoms. The SMILES string of the molecule is C(CSCC1CSC(CSCCOCC2CO2)CS1)OCC1CO1. The first-order valence-electron chi connectivity index (χ1n) is 8.67. The van der Waals surface area contributed by atoms with Gasteiger partial charge in [-0.2, -0.15) is 47.0 Å². The van der Waals surface area contributed by atoms with Crippen LogP contribution in [0.5, 0.6) is 0 Å². The van der Waals surface area contributed by atoms with Gasteiger partial charge in [0.25, 0.3) is 0 Å². The molecule has 0 aliphatic carbocycles. The highest BCUT2D eigenvalue weighted by atomic mass is 32.2. The molecular formula is C16H28O4S4. The number of rotatable bonds is 14. The second-order valence-electron chi connectivity index (χ2n) is 6.12. The third kappa shape index (κ3) is 9.26. The van der Waals surface area contributed by atoms with Gasteiger partial charge in [0.2, 0.25) is 0 Å². The molecule has 0 amide bonds. The number of ether oxygens (including phenoxy) is 4. The molecule has 0 saturated carbocycles. The predicted molar refractivity (Wildman–Crippen MR) is 108 cm³/mol. The van der Waals surface area contributed by atoms with E-state index in [1.54, 1.807) is 0 Å². The quantitative estimate of drug-likeness (QED) is 0.318. The molecule has 3 heterocycles. The molecule has 0 aromatic rings. The Kier molecular flexibility index (Phi) is 9.87. The zero-order valence-corrected chi connectivity index (χ0v) is 17.3. The molecule has 140 valence electrons. The second-order valence-corrected chi connectivity index (χ2v) is 11.1. The van der Waals surface area contributed by atoms with Crippen molar-refractivity contribution in [1.82, 2.24) is 0 Å². The van der Waals surface area contributed by atoms with Crippen LogP contribution in [0.4, 0.5) is 0 Å². The van der Waals surface area contributed by atoms with Crippen molar-refractivity contribution in [2.75, 3.05) is 74.2 Å². The van der Waals surface area contributed by atoms with Crippen molar-refractivity contribution in [3.05, 3.63) is 0 Å². The molecule has 4 atom stereocenters. The van der Waals surface area contributed by atoms with E-state index in [9.17, 15) is 0 Å². The monoisotopic (exact) mass is 412 g/mol. The first-order chi connectivity index (χ1) is 11.9. The average molecular weight is 413 g/mol. The third-order valence-corrected chi connectivity index (χ3v) is 9.63. The lowest BCUT2D eigenvalue weighted by Gasteiger charge is -2.27. The molecule has 0 bridgehead atoms. The van der Waals surface area contributed by atoms with E-state index in [0.29, 0.717) is 12.2 Å². The van der Waals surface area contributed by atoms with Crippen molar-refractivity contribution in [1.29, 1.82) is 0 Å². The molecule has 3 fully saturated rings. The van der Waals surface area contributed by atoms with Crippen molar-refractivity contribution in [2.24, 2.45) is 0 Å². The summed E-state index contributed by atoms with van der Waals surface area (Å²) in [6.07, 6.45) is 0.794. The highest BCUT2D eigenvalue weighted by Crippen LogP contribution is 2.33. The summed E-state index contributed by atoms with van der Waals surface area (Å²) in [5.41, 5.74) is 0. The molecule has 24 heavy (non-hydrogen) atoms. The fraction of sp³-hybridized carbons (Fsp3) is 1.00. The van der Waals surface area contributed by atoms with E-state index < -0.39 is 0 Å². The Morgan fingerprint density at radius 1 is 0.792 bits per heavy atom. The smallest absolute Gasteiger partial charge is 0.104 e. The van der Waals surface area contributed by atoms with Crippen molar-refractivity contribution in [3.8, 4) is 0 Å². The summed E-state index contributed by atoms with van der Waals surface area (Å²) in [6, 6.07) is 0. The number of epoxide rings is 2. The maximum Gasteiger partial charge on any atom is 0.104 e. The Morgan fingerprint density at radius 2 is 1.25 bits per heavy atom. The standard InChI is InChI=1S/C16H28O4S4/c1(17-5-13-7-19-13)3-21-9-15-11-24-16(12-23-15)10-22-4-2-18-6-14-8-20-14/h13-16H,1-12H2. The van der Waals surface area contributed by atoms with Gasteiger partial charge in [-0.1, -0.05) is 0 Å². The fourth-order valence-electron chi connectivity index (χ4n) is 2.20. The van der Waals surface area contributed by atoms with Crippen LogP contribution in [0.15, 0.2) is 0 Å².